The molecule has 2 rings (SSSR count). The minimum Gasteiger partial charge on any atom is -0.373 e. The fourth-order valence-electron chi connectivity index (χ4n) is 1.93. The molecule has 4 nitrogen and oxygen atoms in total. The fourth-order valence-corrected chi connectivity index (χ4v) is 5.37. The van der Waals surface area contributed by atoms with Crippen molar-refractivity contribution < 1.29 is 8.42 Å². The lowest BCUT2D eigenvalue weighted by molar-refractivity contribution is 0.581. The van der Waals surface area contributed by atoms with Gasteiger partial charge in [0.2, 0.25) is 10.0 Å². The molecule has 0 aliphatic rings. The summed E-state index contributed by atoms with van der Waals surface area (Å²) < 4.78 is 27.9. The lowest BCUT2D eigenvalue weighted by Gasteiger charge is -2.19. The van der Waals surface area contributed by atoms with Gasteiger partial charge in [0.25, 0.3) is 0 Å². The molecule has 1 aromatic carbocycles. The number of para-hydroxylation sites is 1. The number of benzene rings is 1. The van der Waals surface area contributed by atoms with E-state index in [4.69, 9.17) is 0 Å². The standard InChI is InChI=1S/C14H17BrN2O2S2/c1-11-13(10-14(15)20-11)21(18,19)16-8-9-17(2)12-6-4-3-5-7-12/h3-7,10,16H,8-9H2,1-2H3. The predicted octanol–water partition coefficient (Wildman–Crippen LogP) is 3.23. The summed E-state index contributed by atoms with van der Waals surface area (Å²) in [5.41, 5.74) is 1.06. The third kappa shape index (κ3) is 4.29. The van der Waals surface area contributed by atoms with Crippen LogP contribution in [0.2, 0.25) is 0 Å². The maximum Gasteiger partial charge on any atom is 0.241 e. The summed E-state index contributed by atoms with van der Waals surface area (Å²) >= 11 is 4.74. The van der Waals surface area contributed by atoms with Crippen molar-refractivity contribution >= 4 is 43.0 Å². The minimum absolute atomic E-state index is 0.349. The molecule has 0 spiro atoms. The molecular weight excluding hydrogens is 372 g/mol. The van der Waals surface area contributed by atoms with E-state index >= 15 is 0 Å². The van der Waals surface area contributed by atoms with Crippen molar-refractivity contribution in [1.29, 1.82) is 0 Å². The van der Waals surface area contributed by atoms with E-state index < -0.39 is 10.0 Å². The zero-order valence-corrected chi connectivity index (χ0v) is 15.1. The molecular formula is C14H17BrN2O2S2. The number of rotatable bonds is 6. The second-order valence-electron chi connectivity index (χ2n) is 4.63. The van der Waals surface area contributed by atoms with E-state index in [1.165, 1.54) is 11.3 Å². The van der Waals surface area contributed by atoms with Crippen molar-refractivity contribution in [3.63, 3.8) is 0 Å². The maximum absolute atomic E-state index is 12.2. The van der Waals surface area contributed by atoms with Crippen LogP contribution in [0.4, 0.5) is 5.69 Å². The molecule has 0 amide bonds. The minimum atomic E-state index is -3.44. The van der Waals surface area contributed by atoms with Crippen LogP contribution in [0.25, 0.3) is 0 Å². The van der Waals surface area contributed by atoms with Crippen LogP contribution in [-0.2, 0) is 10.0 Å². The van der Waals surface area contributed by atoms with E-state index in [9.17, 15) is 8.42 Å². The van der Waals surface area contributed by atoms with Gasteiger partial charge in [0.05, 0.1) is 8.68 Å². The summed E-state index contributed by atoms with van der Waals surface area (Å²) in [7, 11) is -1.50. The number of hydrogen-bond donors (Lipinski definition) is 1. The van der Waals surface area contributed by atoms with Crippen molar-refractivity contribution in [2.75, 3.05) is 25.0 Å². The third-order valence-electron chi connectivity index (χ3n) is 3.07. The van der Waals surface area contributed by atoms with Gasteiger partial charge >= 0.3 is 0 Å². The Kier molecular flexibility index (Phi) is 5.43. The second-order valence-corrected chi connectivity index (χ2v) is 9.00. The first-order valence-electron chi connectivity index (χ1n) is 6.42. The number of hydrogen-bond acceptors (Lipinski definition) is 4. The largest absolute Gasteiger partial charge is 0.373 e. The molecule has 0 bridgehead atoms. The average molecular weight is 389 g/mol. The van der Waals surface area contributed by atoms with E-state index in [1.807, 2.05) is 42.3 Å². The topological polar surface area (TPSA) is 49.4 Å². The van der Waals surface area contributed by atoms with Crippen LogP contribution in [0.5, 0.6) is 0 Å². The highest BCUT2D eigenvalue weighted by atomic mass is 79.9. The van der Waals surface area contributed by atoms with Crippen molar-refractivity contribution in [3.05, 3.63) is 45.1 Å². The van der Waals surface area contributed by atoms with Gasteiger partial charge in [-0.25, -0.2) is 13.1 Å². The zero-order valence-electron chi connectivity index (χ0n) is 11.8. The summed E-state index contributed by atoms with van der Waals surface area (Å²) in [4.78, 5) is 3.14. The van der Waals surface area contributed by atoms with E-state index in [-0.39, 0.29) is 0 Å². The molecule has 0 atom stereocenters. The van der Waals surface area contributed by atoms with Crippen molar-refractivity contribution in [2.24, 2.45) is 0 Å². The van der Waals surface area contributed by atoms with Crippen LogP contribution in [0.1, 0.15) is 4.88 Å². The summed E-state index contributed by atoms with van der Waals surface area (Å²) in [5.74, 6) is 0. The number of anilines is 1. The van der Waals surface area contributed by atoms with Crippen molar-refractivity contribution in [2.45, 2.75) is 11.8 Å². The van der Waals surface area contributed by atoms with Gasteiger partial charge in [-0.1, -0.05) is 18.2 Å². The average Bonchev–Trinajstić information content (AvgIpc) is 2.79. The molecule has 1 heterocycles. The molecule has 7 heteroatoms. The van der Waals surface area contributed by atoms with Gasteiger partial charge < -0.3 is 4.90 Å². The number of sulfonamides is 1. The number of thiophene rings is 1. The lowest BCUT2D eigenvalue weighted by atomic mass is 10.3. The normalized spacial score (nSPS) is 11.6. The van der Waals surface area contributed by atoms with Gasteiger partial charge in [-0.2, -0.15) is 0 Å². The summed E-state index contributed by atoms with van der Waals surface area (Å²) in [6.07, 6.45) is 0. The van der Waals surface area contributed by atoms with Crippen LogP contribution in [0, 0.1) is 6.92 Å². The van der Waals surface area contributed by atoms with Crippen molar-refractivity contribution in [1.82, 2.24) is 4.72 Å². The molecule has 1 aromatic heterocycles. The van der Waals surface area contributed by atoms with Gasteiger partial charge in [0.1, 0.15) is 0 Å². The number of halogens is 1. The van der Waals surface area contributed by atoms with E-state index in [0.717, 1.165) is 14.4 Å². The molecule has 0 fully saturated rings. The Labute approximate surface area is 138 Å². The van der Waals surface area contributed by atoms with Gasteiger partial charge in [-0.05, 0) is 41.1 Å². The third-order valence-corrected chi connectivity index (χ3v) is 6.34. The Morgan fingerprint density at radius 1 is 1.29 bits per heavy atom. The molecule has 0 aliphatic carbocycles. The van der Waals surface area contributed by atoms with Gasteiger partial charge in [0, 0.05) is 30.7 Å². The molecule has 0 saturated heterocycles. The smallest absolute Gasteiger partial charge is 0.241 e. The Balaban J connectivity index is 1.95. The Morgan fingerprint density at radius 3 is 2.52 bits per heavy atom. The summed E-state index contributed by atoms with van der Waals surface area (Å²) in [6.45, 7) is 2.77. The van der Waals surface area contributed by atoms with Gasteiger partial charge in [-0.3, -0.25) is 0 Å². The SMILES string of the molecule is Cc1sc(Br)cc1S(=O)(=O)NCCN(C)c1ccccc1. The molecule has 0 radical (unpaired) electrons. The van der Waals surface area contributed by atoms with Crippen LogP contribution in [-0.4, -0.2) is 28.6 Å². The second kappa shape index (κ2) is 6.91. The van der Waals surface area contributed by atoms with Crippen LogP contribution in [0.3, 0.4) is 0 Å². The fraction of sp³-hybridized carbons (Fsp3) is 0.286. The molecule has 114 valence electrons. The molecule has 0 aliphatic heterocycles. The number of nitrogens with one attached hydrogen (secondary N) is 1. The molecule has 1 N–H and O–H groups in total. The van der Waals surface area contributed by atoms with Crippen LogP contribution < -0.4 is 9.62 Å². The van der Waals surface area contributed by atoms with Crippen LogP contribution >= 0.6 is 27.3 Å². The van der Waals surface area contributed by atoms with E-state index in [2.05, 4.69) is 20.7 Å². The van der Waals surface area contributed by atoms with Gasteiger partial charge in [-0.15, -0.1) is 11.3 Å². The lowest BCUT2D eigenvalue weighted by Crippen LogP contribution is -2.33. The Bertz CT molecular complexity index is 699. The predicted molar refractivity (Wildman–Crippen MR) is 91.7 cm³/mol. The van der Waals surface area contributed by atoms with E-state index in [0.29, 0.717) is 18.0 Å². The summed E-state index contributed by atoms with van der Waals surface area (Å²) in [6, 6.07) is 11.5. The maximum atomic E-state index is 12.2. The highest BCUT2D eigenvalue weighted by Crippen LogP contribution is 2.29. The Hall–Kier alpha value is -0.890. The molecule has 0 saturated carbocycles. The summed E-state index contributed by atoms with van der Waals surface area (Å²) in [5, 5.41) is 0. The number of nitrogens with zero attached hydrogens (tertiary/aromatic N) is 1. The van der Waals surface area contributed by atoms with E-state index in [1.54, 1.807) is 13.0 Å². The van der Waals surface area contributed by atoms with Crippen molar-refractivity contribution in [3.8, 4) is 0 Å². The first-order chi connectivity index (χ1) is 9.90. The molecule has 2 aromatic rings. The first kappa shape index (κ1) is 16.5. The highest BCUT2D eigenvalue weighted by molar-refractivity contribution is 9.11. The molecule has 0 unspecified atom stereocenters. The van der Waals surface area contributed by atoms with Gasteiger partial charge in [0.15, 0.2) is 0 Å². The zero-order chi connectivity index (χ0) is 15.5. The monoisotopic (exact) mass is 388 g/mol. The highest BCUT2D eigenvalue weighted by Gasteiger charge is 2.19. The first-order valence-corrected chi connectivity index (χ1v) is 9.51. The quantitative estimate of drug-likeness (QED) is 0.825. The van der Waals surface area contributed by atoms with Crippen LogP contribution in [0.15, 0.2) is 45.1 Å². The number of likely N-dealkylation sites (N-methyl/N-ethyl adjacent to an activating group) is 1. The number of aryl methyl sites for hydroxylation is 1. The molecule has 21 heavy (non-hydrogen) atoms. The Morgan fingerprint density at radius 2 is 1.95 bits per heavy atom.